The first-order valence-electron chi connectivity index (χ1n) is 7.49. The number of nitrogens with one attached hydrogen (secondary N) is 1. The minimum Gasteiger partial charge on any atom is -0.481 e. The molecule has 1 saturated carbocycles. The first-order chi connectivity index (χ1) is 9.58. The zero-order valence-corrected chi connectivity index (χ0v) is 11.7. The fourth-order valence-corrected chi connectivity index (χ4v) is 3.45. The van der Waals surface area contributed by atoms with E-state index in [1.54, 1.807) is 4.90 Å². The number of likely N-dealkylation sites (tertiary alicyclic amines) is 1. The van der Waals surface area contributed by atoms with E-state index in [9.17, 15) is 9.59 Å². The molecule has 6 nitrogen and oxygen atoms in total. The molecule has 2 heterocycles. The zero-order chi connectivity index (χ0) is 14.3. The third kappa shape index (κ3) is 2.49. The highest BCUT2D eigenvalue weighted by Crippen LogP contribution is 2.38. The van der Waals surface area contributed by atoms with Crippen LogP contribution < -0.4 is 5.32 Å². The number of aliphatic carboxylic acids is 1. The van der Waals surface area contributed by atoms with E-state index < -0.39 is 11.9 Å². The summed E-state index contributed by atoms with van der Waals surface area (Å²) in [5.74, 6) is -0.654. The van der Waals surface area contributed by atoms with E-state index in [0.29, 0.717) is 25.5 Å². The second-order valence-electron chi connectivity index (χ2n) is 6.18. The third-order valence-corrected chi connectivity index (χ3v) is 4.86. The van der Waals surface area contributed by atoms with Crippen LogP contribution >= 0.6 is 0 Å². The van der Waals surface area contributed by atoms with Gasteiger partial charge in [-0.1, -0.05) is 0 Å². The van der Waals surface area contributed by atoms with Crippen molar-refractivity contribution >= 4 is 12.0 Å². The van der Waals surface area contributed by atoms with Crippen molar-refractivity contribution in [3.63, 3.8) is 0 Å². The molecule has 4 unspecified atom stereocenters. The Bertz CT molecular complexity index is 410. The number of rotatable bonds is 3. The van der Waals surface area contributed by atoms with Gasteiger partial charge < -0.3 is 20.1 Å². The maximum absolute atomic E-state index is 12.3. The molecular formula is C14H22N2O4. The molecule has 0 aromatic carbocycles. The van der Waals surface area contributed by atoms with Crippen molar-refractivity contribution in [1.29, 1.82) is 0 Å². The second-order valence-corrected chi connectivity index (χ2v) is 6.18. The van der Waals surface area contributed by atoms with Gasteiger partial charge in [0.1, 0.15) is 0 Å². The SMILES string of the molecule is CC1C(C(=O)O)CCN1C(=O)NC1CCOC1C1CC1. The standard InChI is InChI=1S/C14H22N2O4/c1-8-10(13(17)18)4-6-16(8)14(19)15-11-5-7-20-12(11)9-2-3-9/h8-12H,2-7H2,1H3,(H,15,19)(H,17,18). The van der Waals surface area contributed by atoms with Gasteiger partial charge in [-0.2, -0.15) is 0 Å². The summed E-state index contributed by atoms with van der Waals surface area (Å²) in [5, 5.41) is 12.2. The van der Waals surface area contributed by atoms with E-state index in [0.717, 1.165) is 6.42 Å². The topological polar surface area (TPSA) is 78.9 Å². The van der Waals surface area contributed by atoms with Crippen LogP contribution in [0.2, 0.25) is 0 Å². The van der Waals surface area contributed by atoms with Crippen LogP contribution in [0.1, 0.15) is 32.6 Å². The Hall–Kier alpha value is -1.30. The average Bonchev–Trinajstić information content (AvgIpc) is 3.01. The molecule has 2 N–H and O–H groups in total. The number of amides is 2. The quantitative estimate of drug-likeness (QED) is 0.811. The van der Waals surface area contributed by atoms with Gasteiger partial charge in [0.25, 0.3) is 0 Å². The summed E-state index contributed by atoms with van der Waals surface area (Å²) in [6.45, 7) is 3.04. The van der Waals surface area contributed by atoms with E-state index in [1.165, 1.54) is 12.8 Å². The first kappa shape index (κ1) is 13.7. The van der Waals surface area contributed by atoms with Gasteiger partial charge in [-0.15, -0.1) is 0 Å². The highest BCUT2D eigenvalue weighted by Gasteiger charge is 2.43. The molecule has 3 fully saturated rings. The highest BCUT2D eigenvalue weighted by molar-refractivity contribution is 5.78. The molecule has 112 valence electrons. The molecule has 0 aromatic rings. The summed E-state index contributed by atoms with van der Waals surface area (Å²) in [7, 11) is 0. The molecule has 4 atom stereocenters. The van der Waals surface area contributed by atoms with Gasteiger partial charge in [0.15, 0.2) is 0 Å². The van der Waals surface area contributed by atoms with Crippen LogP contribution in [0.5, 0.6) is 0 Å². The number of carboxylic acids is 1. The fourth-order valence-electron chi connectivity index (χ4n) is 3.45. The Morgan fingerprint density at radius 1 is 1.25 bits per heavy atom. The largest absolute Gasteiger partial charge is 0.481 e. The van der Waals surface area contributed by atoms with Crippen molar-refractivity contribution in [2.24, 2.45) is 11.8 Å². The Labute approximate surface area is 118 Å². The number of ether oxygens (including phenoxy) is 1. The zero-order valence-electron chi connectivity index (χ0n) is 11.7. The number of carbonyl (C=O) groups is 2. The number of nitrogens with zero attached hydrogens (tertiary/aromatic N) is 1. The van der Waals surface area contributed by atoms with E-state index in [-0.39, 0.29) is 24.2 Å². The lowest BCUT2D eigenvalue weighted by molar-refractivity contribution is -0.142. The predicted molar refractivity (Wildman–Crippen MR) is 71.3 cm³/mol. The maximum Gasteiger partial charge on any atom is 0.317 e. The van der Waals surface area contributed by atoms with E-state index in [2.05, 4.69) is 5.32 Å². The van der Waals surface area contributed by atoms with Gasteiger partial charge in [0.05, 0.1) is 18.1 Å². The lowest BCUT2D eigenvalue weighted by atomic mass is 10.0. The van der Waals surface area contributed by atoms with Crippen LogP contribution in [-0.4, -0.2) is 53.3 Å². The summed E-state index contributed by atoms with van der Waals surface area (Å²) in [4.78, 5) is 25.1. The monoisotopic (exact) mass is 282 g/mol. The average molecular weight is 282 g/mol. The number of carbonyl (C=O) groups excluding carboxylic acids is 1. The van der Waals surface area contributed by atoms with E-state index >= 15 is 0 Å². The lowest BCUT2D eigenvalue weighted by Gasteiger charge is -2.27. The first-order valence-corrected chi connectivity index (χ1v) is 7.49. The molecule has 3 rings (SSSR count). The summed E-state index contributed by atoms with van der Waals surface area (Å²) >= 11 is 0. The minimum absolute atomic E-state index is 0.0890. The van der Waals surface area contributed by atoms with Crippen LogP contribution in [0.4, 0.5) is 4.79 Å². The Balaban J connectivity index is 1.58. The number of hydrogen-bond donors (Lipinski definition) is 2. The van der Waals surface area contributed by atoms with Gasteiger partial charge in [-0.25, -0.2) is 4.79 Å². The number of hydrogen-bond acceptors (Lipinski definition) is 3. The van der Waals surface area contributed by atoms with Crippen molar-refractivity contribution in [3.8, 4) is 0 Å². The highest BCUT2D eigenvalue weighted by atomic mass is 16.5. The van der Waals surface area contributed by atoms with Crippen molar-refractivity contribution in [2.75, 3.05) is 13.2 Å². The maximum atomic E-state index is 12.3. The van der Waals surface area contributed by atoms with E-state index in [4.69, 9.17) is 9.84 Å². The Morgan fingerprint density at radius 2 is 2.00 bits per heavy atom. The molecule has 0 bridgehead atoms. The van der Waals surface area contributed by atoms with Crippen molar-refractivity contribution in [1.82, 2.24) is 10.2 Å². The van der Waals surface area contributed by atoms with Gasteiger partial charge in [-0.05, 0) is 38.5 Å². The summed E-state index contributed by atoms with van der Waals surface area (Å²) < 4.78 is 5.71. The summed E-state index contributed by atoms with van der Waals surface area (Å²) in [5.41, 5.74) is 0. The van der Waals surface area contributed by atoms with Crippen molar-refractivity contribution < 1.29 is 19.4 Å². The molecule has 1 aliphatic carbocycles. The molecule has 3 aliphatic rings. The minimum atomic E-state index is -0.812. The molecule has 0 aromatic heterocycles. The summed E-state index contributed by atoms with van der Waals surface area (Å²) in [6, 6.07) is -0.289. The number of urea groups is 1. The molecule has 2 aliphatic heterocycles. The normalized spacial score (nSPS) is 37.1. The van der Waals surface area contributed by atoms with E-state index in [1.807, 2.05) is 6.92 Å². The molecule has 20 heavy (non-hydrogen) atoms. The van der Waals surface area contributed by atoms with Crippen molar-refractivity contribution in [3.05, 3.63) is 0 Å². The molecular weight excluding hydrogens is 260 g/mol. The number of carboxylic acid groups (broad SMARTS) is 1. The van der Waals surface area contributed by atoms with Crippen LogP contribution in [0, 0.1) is 11.8 Å². The molecule has 0 spiro atoms. The van der Waals surface area contributed by atoms with Crippen LogP contribution in [0.3, 0.4) is 0 Å². The third-order valence-electron chi connectivity index (χ3n) is 4.86. The molecule has 6 heteroatoms. The Morgan fingerprint density at radius 3 is 2.60 bits per heavy atom. The Kier molecular flexibility index (Phi) is 3.58. The van der Waals surface area contributed by atoms with Gasteiger partial charge >= 0.3 is 12.0 Å². The van der Waals surface area contributed by atoms with Crippen molar-refractivity contribution in [2.45, 2.75) is 50.8 Å². The van der Waals surface area contributed by atoms with Gasteiger partial charge in [0.2, 0.25) is 0 Å². The smallest absolute Gasteiger partial charge is 0.317 e. The van der Waals surface area contributed by atoms with Crippen LogP contribution in [-0.2, 0) is 9.53 Å². The predicted octanol–water partition coefficient (Wildman–Crippen LogP) is 1.06. The van der Waals surface area contributed by atoms with Gasteiger partial charge in [0, 0.05) is 19.2 Å². The summed E-state index contributed by atoms with van der Waals surface area (Å²) in [6.07, 6.45) is 3.94. The molecule has 0 radical (unpaired) electrons. The van der Waals surface area contributed by atoms with Crippen LogP contribution in [0.25, 0.3) is 0 Å². The fraction of sp³-hybridized carbons (Fsp3) is 0.857. The van der Waals surface area contributed by atoms with Crippen LogP contribution in [0.15, 0.2) is 0 Å². The lowest BCUT2D eigenvalue weighted by Crippen LogP contribution is -2.50. The second kappa shape index (κ2) is 5.24. The molecule has 2 amide bonds. The molecule has 2 saturated heterocycles. The van der Waals surface area contributed by atoms with Gasteiger partial charge in [-0.3, -0.25) is 4.79 Å².